The van der Waals surface area contributed by atoms with Gasteiger partial charge >= 0.3 is 0 Å². The second-order valence-corrected chi connectivity index (χ2v) is 2.51. The van der Waals surface area contributed by atoms with Crippen LogP contribution < -0.4 is 4.74 Å². The Bertz CT molecular complexity index is 310. The molecule has 3 nitrogen and oxygen atoms in total. The van der Waals surface area contributed by atoms with Crippen molar-refractivity contribution in [3.8, 4) is 11.5 Å². The van der Waals surface area contributed by atoms with Gasteiger partial charge in [-0.25, -0.2) is 0 Å². The van der Waals surface area contributed by atoms with Crippen molar-refractivity contribution < 1.29 is 47.3 Å². The van der Waals surface area contributed by atoms with Crippen molar-refractivity contribution in [3.05, 3.63) is 23.3 Å². The summed E-state index contributed by atoms with van der Waals surface area (Å²) in [5.74, 6) is 0.417. The Balaban J connectivity index is 0.00000144. The van der Waals surface area contributed by atoms with E-state index in [1.54, 1.807) is 13.0 Å². The molecule has 0 bridgehead atoms. The summed E-state index contributed by atoms with van der Waals surface area (Å²) in [7, 11) is 1.45. The Labute approximate surface area is 102 Å². The van der Waals surface area contributed by atoms with Crippen LogP contribution in [0.25, 0.3) is 0 Å². The molecule has 0 aromatic heterocycles. The molecule has 0 saturated carbocycles. The molecule has 1 aromatic carbocycles. The maximum absolute atomic E-state index is 10.4. The van der Waals surface area contributed by atoms with Crippen molar-refractivity contribution in [2.45, 2.75) is 6.92 Å². The Morgan fingerprint density at radius 1 is 1.46 bits per heavy atom. The van der Waals surface area contributed by atoms with Crippen LogP contribution in [0.1, 0.15) is 15.9 Å². The molecule has 0 amide bonds. The standard InChI is InChI=1S/C9H10O3.Y/c1-6-3-7(5-10)4-8(12-2)9(6)11;/h3-5,11H,1-2H3;. The van der Waals surface area contributed by atoms with E-state index in [0.29, 0.717) is 16.9 Å². The summed E-state index contributed by atoms with van der Waals surface area (Å²) in [6.45, 7) is 1.71. The number of ether oxygens (including phenoxy) is 1. The number of aldehydes is 1. The van der Waals surface area contributed by atoms with Crippen LogP contribution in [0.2, 0.25) is 0 Å². The molecule has 13 heavy (non-hydrogen) atoms. The van der Waals surface area contributed by atoms with Gasteiger partial charge < -0.3 is 9.84 Å². The van der Waals surface area contributed by atoms with E-state index < -0.39 is 0 Å². The molecule has 1 aromatic rings. The van der Waals surface area contributed by atoms with Gasteiger partial charge in [-0.3, -0.25) is 4.79 Å². The minimum atomic E-state index is 0. The predicted octanol–water partition coefficient (Wildman–Crippen LogP) is 1.52. The maximum atomic E-state index is 10.4. The number of rotatable bonds is 2. The third-order valence-electron chi connectivity index (χ3n) is 1.64. The van der Waals surface area contributed by atoms with E-state index in [4.69, 9.17) is 4.74 Å². The first kappa shape index (κ1) is 12.6. The van der Waals surface area contributed by atoms with E-state index in [2.05, 4.69) is 0 Å². The fourth-order valence-corrected chi connectivity index (χ4v) is 0.998. The molecule has 0 aliphatic heterocycles. The molecular weight excluding hydrogens is 245 g/mol. The van der Waals surface area contributed by atoms with E-state index in [-0.39, 0.29) is 38.5 Å². The van der Waals surface area contributed by atoms with Crippen LogP contribution in [-0.4, -0.2) is 18.5 Å². The van der Waals surface area contributed by atoms with E-state index in [1.165, 1.54) is 13.2 Å². The molecule has 1 N–H and O–H groups in total. The van der Waals surface area contributed by atoms with Crippen molar-refractivity contribution in [3.63, 3.8) is 0 Å². The van der Waals surface area contributed by atoms with Crippen LogP contribution in [0, 0.1) is 6.92 Å². The number of methoxy groups -OCH3 is 1. The van der Waals surface area contributed by atoms with E-state index in [9.17, 15) is 9.90 Å². The van der Waals surface area contributed by atoms with Gasteiger partial charge in [-0.2, -0.15) is 0 Å². The molecular formula is C9H10O3Y. The molecule has 0 unspecified atom stereocenters. The molecule has 0 saturated heterocycles. The third-order valence-corrected chi connectivity index (χ3v) is 1.64. The molecule has 0 aliphatic carbocycles. The number of benzene rings is 1. The zero-order chi connectivity index (χ0) is 9.14. The number of aryl methyl sites for hydroxylation is 1. The summed E-state index contributed by atoms with van der Waals surface area (Å²) in [6, 6.07) is 3.10. The largest absolute Gasteiger partial charge is 0.504 e. The second kappa shape index (κ2) is 5.35. The number of phenolic OH excluding ortho intramolecular Hbond substituents is 1. The Hall–Kier alpha value is -0.406. The van der Waals surface area contributed by atoms with E-state index in [0.717, 1.165) is 6.29 Å². The first-order chi connectivity index (χ1) is 5.69. The zero-order valence-corrected chi connectivity index (χ0v) is 10.4. The average Bonchev–Trinajstić information content (AvgIpc) is 2.09. The van der Waals surface area contributed by atoms with Gasteiger partial charge in [0.25, 0.3) is 0 Å². The number of hydrogen-bond donors (Lipinski definition) is 1. The summed E-state index contributed by atoms with van der Waals surface area (Å²) in [5.41, 5.74) is 1.14. The third kappa shape index (κ3) is 2.78. The van der Waals surface area contributed by atoms with Crippen molar-refractivity contribution in [1.82, 2.24) is 0 Å². The summed E-state index contributed by atoms with van der Waals surface area (Å²) in [6.07, 6.45) is 0.717. The topological polar surface area (TPSA) is 46.5 Å². The number of carbonyl (C=O) groups excluding carboxylic acids is 1. The van der Waals surface area contributed by atoms with Gasteiger partial charge in [0.15, 0.2) is 11.5 Å². The summed E-state index contributed by atoms with van der Waals surface area (Å²) >= 11 is 0. The maximum Gasteiger partial charge on any atom is 0.161 e. The van der Waals surface area contributed by atoms with Crippen LogP contribution >= 0.6 is 0 Å². The fourth-order valence-electron chi connectivity index (χ4n) is 0.998. The molecule has 67 valence electrons. The zero-order valence-electron chi connectivity index (χ0n) is 7.57. The van der Waals surface area contributed by atoms with Crippen molar-refractivity contribution >= 4 is 6.29 Å². The molecule has 0 spiro atoms. The summed E-state index contributed by atoms with van der Waals surface area (Å²) < 4.78 is 4.86. The molecule has 1 rings (SSSR count). The first-order valence-electron chi connectivity index (χ1n) is 3.52. The fraction of sp³-hybridized carbons (Fsp3) is 0.222. The van der Waals surface area contributed by atoms with Crippen LogP contribution in [-0.2, 0) is 32.7 Å². The van der Waals surface area contributed by atoms with Crippen molar-refractivity contribution in [2.24, 2.45) is 0 Å². The number of carbonyl (C=O) groups is 1. The number of phenols is 1. The predicted molar refractivity (Wildman–Crippen MR) is 44.8 cm³/mol. The molecule has 0 aliphatic rings. The Kier molecular flexibility index (Phi) is 5.18. The average molecular weight is 255 g/mol. The SMILES string of the molecule is COc1cc(C=O)cc(C)c1O.[Y]. The molecule has 1 radical (unpaired) electrons. The Morgan fingerprint density at radius 3 is 2.54 bits per heavy atom. The van der Waals surface area contributed by atoms with Gasteiger partial charge in [0, 0.05) is 38.3 Å². The monoisotopic (exact) mass is 255 g/mol. The van der Waals surface area contributed by atoms with Gasteiger partial charge in [0.2, 0.25) is 0 Å². The Morgan fingerprint density at radius 2 is 2.08 bits per heavy atom. The van der Waals surface area contributed by atoms with Gasteiger partial charge in [-0.05, 0) is 24.6 Å². The molecule has 0 atom stereocenters. The van der Waals surface area contributed by atoms with E-state index >= 15 is 0 Å². The van der Waals surface area contributed by atoms with Gasteiger partial charge in [0.05, 0.1) is 7.11 Å². The second-order valence-electron chi connectivity index (χ2n) is 2.51. The summed E-state index contributed by atoms with van der Waals surface area (Å²) in [4.78, 5) is 10.4. The van der Waals surface area contributed by atoms with Crippen molar-refractivity contribution in [2.75, 3.05) is 7.11 Å². The molecule has 0 heterocycles. The molecule has 0 fully saturated rings. The minimum Gasteiger partial charge on any atom is -0.504 e. The van der Waals surface area contributed by atoms with Crippen LogP contribution in [0.3, 0.4) is 0 Å². The smallest absolute Gasteiger partial charge is 0.161 e. The van der Waals surface area contributed by atoms with Gasteiger partial charge in [0.1, 0.15) is 6.29 Å². The number of aromatic hydroxyl groups is 1. The first-order valence-corrected chi connectivity index (χ1v) is 3.52. The normalized spacial score (nSPS) is 8.77. The minimum absolute atomic E-state index is 0. The van der Waals surface area contributed by atoms with Crippen molar-refractivity contribution in [1.29, 1.82) is 0 Å². The number of hydrogen-bond acceptors (Lipinski definition) is 3. The van der Waals surface area contributed by atoms with Crippen LogP contribution in [0.4, 0.5) is 0 Å². The van der Waals surface area contributed by atoms with Crippen LogP contribution in [0.5, 0.6) is 11.5 Å². The quantitative estimate of drug-likeness (QED) is 0.815. The van der Waals surface area contributed by atoms with E-state index in [1.807, 2.05) is 0 Å². The van der Waals surface area contributed by atoms with Gasteiger partial charge in [-0.15, -0.1) is 0 Å². The summed E-state index contributed by atoms with van der Waals surface area (Å²) in [5, 5.41) is 9.38. The van der Waals surface area contributed by atoms with Crippen LogP contribution in [0.15, 0.2) is 12.1 Å². The molecule has 4 heteroatoms. The van der Waals surface area contributed by atoms with Gasteiger partial charge in [-0.1, -0.05) is 0 Å².